The first-order chi connectivity index (χ1) is 27.1. The molecule has 0 spiro atoms. The summed E-state index contributed by atoms with van der Waals surface area (Å²) < 4.78 is 54.3. The number of ether oxygens (including phenoxy) is 1. The van der Waals surface area contributed by atoms with Crippen LogP contribution in [-0.4, -0.2) is 110 Å². The van der Waals surface area contributed by atoms with Crippen LogP contribution in [0.5, 0.6) is 0 Å². The average Bonchev–Trinajstić information content (AvgIpc) is 3.98. The molecule has 3 saturated heterocycles. The molecule has 2 radical (unpaired) electrons. The Morgan fingerprint density at radius 1 is 1.11 bits per heavy atom. The Balaban J connectivity index is 1.20. The van der Waals surface area contributed by atoms with Crippen LogP contribution in [-0.2, 0) is 34.0 Å². The van der Waals surface area contributed by atoms with E-state index in [1.807, 2.05) is 34.9 Å². The van der Waals surface area contributed by atoms with Gasteiger partial charge in [-0.05, 0) is 49.4 Å². The van der Waals surface area contributed by atoms with Crippen molar-refractivity contribution >= 4 is 36.6 Å². The van der Waals surface area contributed by atoms with Gasteiger partial charge >= 0.3 is 6.03 Å². The van der Waals surface area contributed by atoms with Crippen LogP contribution < -0.4 is 10.6 Å². The van der Waals surface area contributed by atoms with E-state index in [1.54, 1.807) is 24.2 Å². The lowest BCUT2D eigenvalue weighted by Gasteiger charge is -2.40. The van der Waals surface area contributed by atoms with Gasteiger partial charge in [-0.25, -0.2) is 34.6 Å². The highest BCUT2D eigenvalue weighted by molar-refractivity contribution is 8.20. The minimum atomic E-state index is -1.19. The molecule has 3 fully saturated rings. The maximum atomic E-state index is 15.4. The topological polar surface area (TPSA) is 140 Å². The normalized spacial score (nSPS) is 21.4. The van der Waals surface area contributed by atoms with Gasteiger partial charge in [0.25, 0.3) is 0 Å². The Morgan fingerprint density at radius 3 is 2.61 bits per heavy atom. The largest absolute Gasteiger partial charge is 0.381 e. The van der Waals surface area contributed by atoms with E-state index in [9.17, 15) is 18.8 Å². The molecule has 4 amide bonds. The predicted molar refractivity (Wildman–Crippen MR) is 203 cm³/mol. The van der Waals surface area contributed by atoms with Crippen LogP contribution in [0.1, 0.15) is 49.3 Å². The third-order valence-electron chi connectivity index (χ3n) is 10.6. The maximum Gasteiger partial charge on any atom is 0.318 e. The first-order valence-electron chi connectivity index (χ1n) is 18.7. The van der Waals surface area contributed by atoms with Crippen LogP contribution in [0.15, 0.2) is 60.9 Å². The van der Waals surface area contributed by atoms with Crippen LogP contribution in [0.3, 0.4) is 0 Å². The lowest BCUT2D eigenvalue weighted by Crippen LogP contribution is -2.51. The summed E-state index contributed by atoms with van der Waals surface area (Å²) in [6.07, 6.45) is 3.30. The number of imide groups is 1. The van der Waals surface area contributed by atoms with Crippen molar-refractivity contribution < 1.29 is 32.3 Å². The fraction of sp³-hybridized carbons (Fsp3) is 0.474. The number of carbonyl (C=O) groups is 3. The molecule has 3 aliphatic heterocycles. The van der Waals surface area contributed by atoms with Crippen LogP contribution in [0.2, 0.25) is 0 Å². The number of halogens is 3. The number of hydrogen-bond donors (Lipinski definition) is 2. The highest BCUT2D eigenvalue weighted by atomic mass is 32.2. The lowest BCUT2D eigenvalue weighted by molar-refractivity contribution is -0.139. The van der Waals surface area contributed by atoms with Gasteiger partial charge in [-0.3, -0.25) is 19.2 Å². The smallest absolute Gasteiger partial charge is 0.318 e. The van der Waals surface area contributed by atoms with Gasteiger partial charge in [-0.2, -0.15) is 0 Å². The minimum absolute atomic E-state index is 0.0130. The molecule has 294 valence electrons. The summed E-state index contributed by atoms with van der Waals surface area (Å²) >= 11 is 0.839. The first kappa shape index (κ1) is 39.6. The van der Waals surface area contributed by atoms with E-state index in [2.05, 4.69) is 20.9 Å². The van der Waals surface area contributed by atoms with Gasteiger partial charge in [0.05, 0.1) is 36.3 Å². The summed E-state index contributed by atoms with van der Waals surface area (Å²) in [5.74, 6) is -2.17. The molecule has 4 aromatic rings. The number of likely N-dealkylation sites (tertiary alicyclic amines) is 1. The van der Waals surface area contributed by atoms with Crippen molar-refractivity contribution in [1.82, 2.24) is 45.0 Å². The molecule has 5 atom stereocenters. The summed E-state index contributed by atoms with van der Waals surface area (Å²) in [5, 5.41) is 13.9. The molecule has 7 rings (SSSR count). The second kappa shape index (κ2) is 17.6. The van der Waals surface area contributed by atoms with E-state index >= 15 is 8.78 Å². The molecule has 5 heterocycles. The zero-order valence-corrected chi connectivity index (χ0v) is 31.7. The molecular weight excluding hydrogens is 746 g/mol. The van der Waals surface area contributed by atoms with Crippen LogP contribution in [0.4, 0.5) is 18.0 Å². The van der Waals surface area contributed by atoms with Crippen molar-refractivity contribution in [2.45, 2.75) is 69.3 Å². The van der Waals surface area contributed by atoms with Gasteiger partial charge in [-0.15, -0.1) is 5.10 Å². The molecular formula is C38H43BF3N9O4S. The summed E-state index contributed by atoms with van der Waals surface area (Å²) in [4.78, 5) is 47.4. The van der Waals surface area contributed by atoms with Gasteiger partial charge in [0.1, 0.15) is 29.3 Å². The zero-order chi connectivity index (χ0) is 39.3. The summed E-state index contributed by atoms with van der Waals surface area (Å²) in [6, 6.07) is 11.2. The Bertz CT molecular complexity index is 2020. The fourth-order valence-corrected chi connectivity index (χ4v) is 8.18. The number of nitrogens with zero attached hydrogens (tertiary/aromatic N) is 7. The number of imidazole rings is 1. The van der Waals surface area contributed by atoms with Crippen molar-refractivity contribution in [3.8, 4) is 11.3 Å². The molecule has 3 aliphatic rings. The Hall–Kier alpha value is -4.68. The average molecular weight is 790 g/mol. The van der Waals surface area contributed by atoms with Crippen molar-refractivity contribution in [1.29, 1.82) is 0 Å². The molecule has 0 saturated carbocycles. The number of alkyl halides is 1. The molecule has 0 unspecified atom stereocenters. The highest BCUT2D eigenvalue weighted by Crippen LogP contribution is 2.38. The van der Waals surface area contributed by atoms with Crippen molar-refractivity contribution in [2.24, 2.45) is 11.8 Å². The number of amides is 4. The molecule has 56 heavy (non-hydrogen) atoms. The van der Waals surface area contributed by atoms with Crippen LogP contribution >= 0.6 is 11.6 Å². The third kappa shape index (κ3) is 8.97. The van der Waals surface area contributed by atoms with Crippen molar-refractivity contribution in [3.05, 3.63) is 89.6 Å². The number of aromatic nitrogens is 5. The van der Waals surface area contributed by atoms with E-state index in [0.717, 1.165) is 40.3 Å². The van der Waals surface area contributed by atoms with Gasteiger partial charge in [0.15, 0.2) is 7.12 Å². The standard InChI is InChI=1S/C38H43BF3N9O4S/c1-23(17-49-20-28(46-47-49)21-50-34(52)14-33(56-39)37(50)53)44-38(54)51(19-26-15-43-16-31(26)42)35(25-9-11-55-12-10-25)36-45-32(29-13-27(40)7-8-30(29)41)22-48(36)18-24-5-3-2-4-6-24/h2-8,13,20,22-23,25-26,31,33,35,43H,9-12,14-19,21H2,1H3,(H,44,54)/t23-,26-,31-,33+,35+/m0/s1. The number of hydrogen-bond acceptors (Lipinski definition) is 9. The van der Waals surface area contributed by atoms with E-state index in [-0.39, 0.29) is 61.6 Å². The fourth-order valence-electron chi connectivity index (χ4n) is 7.70. The highest BCUT2D eigenvalue weighted by Gasteiger charge is 2.41. The Labute approximate surface area is 328 Å². The second-order valence-electron chi connectivity index (χ2n) is 14.6. The van der Waals surface area contributed by atoms with E-state index in [1.165, 1.54) is 4.68 Å². The van der Waals surface area contributed by atoms with E-state index in [0.29, 0.717) is 50.7 Å². The maximum absolute atomic E-state index is 15.4. The number of rotatable bonds is 14. The number of nitrogens with one attached hydrogen (secondary N) is 2. The van der Waals surface area contributed by atoms with Gasteiger partial charge in [-0.1, -0.05) is 35.5 Å². The Morgan fingerprint density at radius 2 is 1.89 bits per heavy atom. The van der Waals surface area contributed by atoms with Crippen LogP contribution in [0, 0.1) is 23.5 Å². The van der Waals surface area contributed by atoms with Gasteiger partial charge < -0.3 is 24.8 Å². The third-order valence-corrected chi connectivity index (χ3v) is 11.3. The quantitative estimate of drug-likeness (QED) is 0.143. The molecule has 0 aliphatic carbocycles. The number of urea groups is 1. The monoisotopic (exact) mass is 789 g/mol. The second-order valence-corrected chi connectivity index (χ2v) is 15.5. The van der Waals surface area contributed by atoms with Crippen molar-refractivity contribution in [3.63, 3.8) is 0 Å². The molecule has 18 heteroatoms. The van der Waals surface area contributed by atoms with Crippen LogP contribution in [0.25, 0.3) is 11.3 Å². The Kier molecular flexibility index (Phi) is 12.5. The lowest BCUT2D eigenvalue weighted by atomic mass is 9.89. The summed E-state index contributed by atoms with van der Waals surface area (Å²) in [7, 11) is 5.57. The molecule has 13 nitrogen and oxygen atoms in total. The number of carbonyl (C=O) groups excluding carboxylic acids is 3. The predicted octanol–water partition coefficient (Wildman–Crippen LogP) is 4.04. The molecule has 2 aromatic heterocycles. The van der Waals surface area contributed by atoms with E-state index < -0.39 is 47.1 Å². The molecule has 2 N–H and O–H groups in total. The van der Waals surface area contributed by atoms with Gasteiger partial charge in [0, 0.05) is 69.5 Å². The molecule has 0 bridgehead atoms. The summed E-state index contributed by atoms with van der Waals surface area (Å²) in [6.45, 7) is 3.77. The summed E-state index contributed by atoms with van der Waals surface area (Å²) in [5.41, 5.74) is 1.52. The minimum Gasteiger partial charge on any atom is -0.381 e. The number of benzene rings is 2. The SMILES string of the molecule is [B]S[C@@H]1CC(=O)N(Cc2cn(C[C@H](C)NC(=O)N(C[C@@H]3CNC[C@@H]3F)[C@@H](c3nc(-c4cc(F)ccc4F)cn3Cc3ccccc3)C3CCOCC3)nn2)C1=O. The first-order valence-corrected chi connectivity index (χ1v) is 19.7. The van der Waals surface area contributed by atoms with Crippen molar-refractivity contribution in [2.75, 3.05) is 32.8 Å². The van der Waals surface area contributed by atoms with E-state index in [4.69, 9.17) is 16.8 Å². The zero-order valence-electron chi connectivity index (χ0n) is 30.9. The van der Waals surface area contributed by atoms with Gasteiger partial charge in [0.2, 0.25) is 11.8 Å². The molecule has 2 aromatic carbocycles.